The fourth-order valence-electron chi connectivity index (χ4n) is 2.69. The van der Waals surface area contributed by atoms with Crippen molar-refractivity contribution in [2.45, 2.75) is 38.3 Å². The lowest BCUT2D eigenvalue weighted by Gasteiger charge is -2.23. The Morgan fingerprint density at radius 3 is 3.32 bits per heavy atom. The SMILES string of the molecule is Clc1cc2c(s1)CCCC2NCCCn1ccnc1. The average molecular weight is 296 g/mol. The number of nitrogens with one attached hydrogen (secondary N) is 1. The summed E-state index contributed by atoms with van der Waals surface area (Å²) < 4.78 is 3.05. The van der Waals surface area contributed by atoms with Gasteiger partial charge >= 0.3 is 0 Å². The molecule has 2 aromatic heterocycles. The van der Waals surface area contributed by atoms with E-state index in [1.165, 1.54) is 29.7 Å². The molecule has 0 aromatic carbocycles. The number of halogens is 1. The number of nitrogens with zero attached hydrogens (tertiary/aromatic N) is 2. The van der Waals surface area contributed by atoms with Crippen LogP contribution in [0.1, 0.15) is 35.7 Å². The Kier molecular flexibility index (Phi) is 4.21. The van der Waals surface area contributed by atoms with Crippen LogP contribution < -0.4 is 5.32 Å². The molecule has 3 nitrogen and oxygen atoms in total. The van der Waals surface area contributed by atoms with Gasteiger partial charge in [-0.25, -0.2) is 4.98 Å². The Labute approximate surface area is 122 Å². The maximum absolute atomic E-state index is 6.13. The molecule has 0 radical (unpaired) electrons. The van der Waals surface area contributed by atoms with Crippen LogP contribution in [0.5, 0.6) is 0 Å². The van der Waals surface area contributed by atoms with Crippen LogP contribution in [0.4, 0.5) is 0 Å². The molecule has 1 aliphatic carbocycles. The summed E-state index contributed by atoms with van der Waals surface area (Å²) in [5, 5.41) is 3.67. The Morgan fingerprint density at radius 1 is 1.53 bits per heavy atom. The molecule has 3 rings (SSSR count). The van der Waals surface area contributed by atoms with Crippen LogP contribution >= 0.6 is 22.9 Å². The van der Waals surface area contributed by atoms with E-state index in [0.717, 1.165) is 23.8 Å². The van der Waals surface area contributed by atoms with E-state index < -0.39 is 0 Å². The summed E-state index contributed by atoms with van der Waals surface area (Å²) in [4.78, 5) is 5.53. The number of rotatable bonds is 5. The summed E-state index contributed by atoms with van der Waals surface area (Å²) in [6.45, 7) is 2.06. The predicted octanol–water partition coefficient (Wildman–Crippen LogP) is 3.66. The third-order valence-corrected chi connectivity index (χ3v) is 4.97. The van der Waals surface area contributed by atoms with Crippen molar-refractivity contribution in [3.63, 3.8) is 0 Å². The van der Waals surface area contributed by atoms with E-state index in [2.05, 4.69) is 20.9 Å². The highest BCUT2D eigenvalue weighted by molar-refractivity contribution is 7.16. The number of thiophene rings is 1. The Hall–Kier alpha value is -0.840. The quantitative estimate of drug-likeness (QED) is 0.853. The minimum Gasteiger partial charge on any atom is -0.337 e. The average Bonchev–Trinajstić information content (AvgIpc) is 3.02. The summed E-state index contributed by atoms with van der Waals surface area (Å²) >= 11 is 7.87. The maximum atomic E-state index is 6.13. The standard InChI is InChI=1S/C14H18ClN3S/c15-14-9-11-12(3-1-4-13(11)19-14)17-5-2-7-18-8-6-16-10-18/h6,8-10,12,17H,1-5,7H2. The lowest BCUT2D eigenvalue weighted by Crippen LogP contribution is -2.25. The monoisotopic (exact) mass is 295 g/mol. The second kappa shape index (κ2) is 6.07. The van der Waals surface area contributed by atoms with Crippen molar-refractivity contribution >= 4 is 22.9 Å². The molecule has 1 atom stereocenters. The lowest BCUT2D eigenvalue weighted by atomic mass is 9.94. The van der Waals surface area contributed by atoms with Gasteiger partial charge in [0, 0.05) is 29.9 Å². The van der Waals surface area contributed by atoms with Crippen molar-refractivity contribution in [3.8, 4) is 0 Å². The summed E-state index contributed by atoms with van der Waals surface area (Å²) in [5.74, 6) is 0. The molecule has 0 saturated heterocycles. The molecule has 1 N–H and O–H groups in total. The van der Waals surface area contributed by atoms with Crippen LogP contribution in [0, 0.1) is 0 Å². The molecule has 19 heavy (non-hydrogen) atoms. The number of hydrogen-bond donors (Lipinski definition) is 1. The highest BCUT2D eigenvalue weighted by Gasteiger charge is 2.21. The zero-order chi connectivity index (χ0) is 13.1. The minimum absolute atomic E-state index is 0.496. The largest absolute Gasteiger partial charge is 0.337 e. The predicted molar refractivity (Wildman–Crippen MR) is 79.9 cm³/mol. The van der Waals surface area contributed by atoms with Crippen LogP contribution in [0.15, 0.2) is 24.8 Å². The van der Waals surface area contributed by atoms with Crippen molar-refractivity contribution in [3.05, 3.63) is 39.6 Å². The molecule has 1 unspecified atom stereocenters. The Morgan fingerprint density at radius 2 is 2.47 bits per heavy atom. The third-order valence-electron chi connectivity index (χ3n) is 3.63. The Balaban J connectivity index is 1.50. The molecule has 0 saturated carbocycles. The second-order valence-electron chi connectivity index (χ2n) is 4.98. The fraction of sp³-hybridized carbons (Fsp3) is 0.500. The zero-order valence-electron chi connectivity index (χ0n) is 10.8. The number of aryl methyl sites for hydroxylation is 2. The van der Waals surface area contributed by atoms with E-state index in [1.807, 2.05) is 18.7 Å². The fourth-order valence-corrected chi connectivity index (χ4v) is 4.07. The molecule has 0 spiro atoms. The molecule has 2 heterocycles. The van der Waals surface area contributed by atoms with Gasteiger partial charge < -0.3 is 9.88 Å². The number of fused-ring (bicyclic) bond motifs is 1. The van der Waals surface area contributed by atoms with Crippen LogP contribution in [0.25, 0.3) is 0 Å². The molecule has 2 aromatic rings. The van der Waals surface area contributed by atoms with Gasteiger partial charge in [0.1, 0.15) is 0 Å². The van der Waals surface area contributed by atoms with Crippen molar-refractivity contribution in [2.75, 3.05) is 6.54 Å². The number of hydrogen-bond acceptors (Lipinski definition) is 3. The van der Waals surface area contributed by atoms with Gasteiger partial charge in [0.2, 0.25) is 0 Å². The van der Waals surface area contributed by atoms with Gasteiger partial charge in [0.05, 0.1) is 10.7 Å². The number of aromatic nitrogens is 2. The van der Waals surface area contributed by atoms with Gasteiger partial charge in [-0.3, -0.25) is 0 Å². The molecule has 0 aliphatic heterocycles. The molecule has 0 fully saturated rings. The van der Waals surface area contributed by atoms with Gasteiger partial charge in [-0.15, -0.1) is 11.3 Å². The summed E-state index contributed by atoms with van der Waals surface area (Å²) in [6.07, 6.45) is 10.5. The van der Waals surface area contributed by atoms with Crippen molar-refractivity contribution in [1.82, 2.24) is 14.9 Å². The van der Waals surface area contributed by atoms with Crippen molar-refractivity contribution in [2.24, 2.45) is 0 Å². The Bertz CT molecular complexity index is 521. The first-order chi connectivity index (χ1) is 9.33. The summed E-state index contributed by atoms with van der Waals surface area (Å²) in [6, 6.07) is 2.64. The van der Waals surface area contributed by atoms with Gasteiger partial charge in [-0.2, -0.15) is 0 Å². The van der Waals surface area contributed by atoms with Crippen LogP contribution in [-0.2, 0) is 13.0 Å². The summed E-state index contributed by atoms with van der Waals surface area (Å²) in [7, 11) is 0. The van der Waals surface area contributed by atoms with Crippen molar-refractivity contribution < 1.29 is 0 Å². The van der Waals surface area contributed by atoms with Gasteiger partial charge in [0.15, 0.2) is 0 Å². The van der Waals surface area contributed by atoms with E-state index in [1.54, 1.807) is 11.3 Å². The molecular formula is C14H18ClN3S. The smallest absolute Gasteiger partial charge is 0.0945 e. The van der Waals surface area contributed by atoms with Crippen LogP contribution in [0.3, 0.4) is 0 Å². The molecule has 0 amide bonds. The van der Waals surface area contributed by atoms with Gasteiger partial charge in [-0.1, -0.05) is 11.6 Å². The highest BCUT2D eigenvalue weighted by Crippen LogP contribution is 2.37. The third kappa shape index (κ3) is 3.19. The molecule has 1 aliphatic rings. The van der Waals surface area contributed by atoms with E-state index in [4.69, 9.17) is 11.6 Å². The summed E-state index contributed by atoms with van der Waals surface area (Å²) in [5.41, 5.74) is 1.43. The number of imidazole rings is 1. The zero-order valence-corrected chi connectivity index (χ0v) is 12.4. The normalized spacial score (nSPS) is 18.5. The van der Waals surface area contributed by atoms with Gasteiger partial charge in [-0.05, 0) is 43.9 Å². The maximum Gasteiger partial charge on any atom is 0.0945 e. The topological polar surface area (TPSA) is 29.9 Å². The lowest BCUT2D eigenvalue weighted by molar-refractivity contribution is 0.449. The van der Waals surface area contributed by atoms with Gasteiger partial charge in [0.25, 0.3) is 0 Å². The first-order valence-corrected chi connectivity index (χ1v) is 7.99. The first kappa shape index (κ1) is 13.2. The first-order valence-electron chi connectivity index (χ1n) is 6.80. The minimum atomic E-state index is 0.496. The molecular weight excluding hydrogens is 278 g/mol. The molecule has 0 bridgehead atoms. The van der Waals surface area contributed by atoms with Crippen LogP contribution in [0.2, 0.25) is 4.34 Å². The van der Waals surface area contributed by atoms with Crippen molar-refractivity contribution in [1.29, 1.82) is 0 Å². The molecule has 102 valence electrons. The van der Waals surface area contributed by atoms with E-state index in [0.29, 0.717) is 6.04 Å². The van der Waals surface area contributed by atoms with E-state index in [-0.39, 0.29) is 0 Å². The highest BCUT2D eigenvalue weighted by atomic mass is 35.5. The van der Waals surface area contributed by atoms with Crippen LogP contribution in [-0.4, -0.2) is 16.1 Å². The second-order valence-corrected chi connectivity index (χ2v) is 6.75. The molecule has 5 heteroatoms. The van der Waals surface area contributed by atoms with E-state index in [9.17, 15) is 0 Å². The van der Waals surface area contributed by atoms with E-state index >= 15 is 0 Å².